The highest BCUT2D eigenvalue weighted by Crippen LogP contribution is 2.29. The van der Waals surface area contributed by atoms with Crippen molar-refractivity contribution < 1.29 is 14.6 Å². The molecule has 0 bridgehead atoms. The fourth-order valence-corrected chi connectivity index (χ4v) is 1.84. The Hall–Kier alpha value is -1.26. The summed E-state index contributed by atoms with van der Waals surface area (Å²) < 4.78 is 5.64. The monoisotopic (exact) mass is 299 g/mol. The van der Waals surface area contributed by atoms with Crippen LogP contribution < -0.4 is 10.1 Å². The number of hydrogen-bond acceptors (Lipinski definition) is 3. The highest BCUT2D eigenvalue weighted by atomic mass is 35.5. The molecule has 0 spiro atoms. The Labute approximate surface area is 125 Å². The number of amides is 1. The topological polar surface area (TPSA) is 58.6 Å². The first kappa shape index (κ1) is 16.8. The summed E-state index contributed by atoms with van der Waals surface area (Å²) >= 11 is 5.90. The molecule has 4 nitrogen and oxygen atoms in total. The van der Waals surface area contributed by atoms with E-state index >= 15 is 0 Å². The van der Waals surface area contributed by atoms with E-state index in [-0.39, 0.29) is 11.9 Å². The van der Waals surface area contributed by atoms with E-state index in [1.807, 2.05) is 13.8 Å². The molecule has 0 saturated heterocycles. The van der Waals surface area contributed by atoms with E-state index in [4.69, 9.17) is 16.3 Å². The van der Waals surface area contributed by atoms with E-state index in [2.05, 4.69) is 5.32 Å². The third-order valence-electron chi connectivity index (χ3n) is 3.10. The molecule has 0 heterocycles. The largest absolute Gasteiger partial charge is 0.481 e. The molecule has 20 heavy (non-hydrogen) atoms. The minimum absolute atomic E-state index is 0.106. The molecular formula is C15H22ClNO3. The molecule has 1 aromatic rings. The number of benzene rings is 1. The van der Waals surface area contributed by atoms with Crippen LogP contribution in [0, 0.1) is 0 Å². The summed E-state index contributed by atoms with van der Waals surface area (Å²) in [5.41, 5.74) is 0.570. The van der Waals surface area contributed by atoms with Gasteiger partial charge >= 0.3 is 0 Å². The van der Waals surface area contributed by atoms with Gasteiger partial charge in [-0.05, 0) is 45.4 Å². The van der Waals surface area contributed by atoms with Crippen molar-refractivity contribution in [2.24, 2.45) is 0 Å². The van der Waals surface area contributed by atoms with E-state index in [0.717, 1.165) is 6.42 Å². The van der Waals surface area contributed by atoms with Crippen LogP contribution in [0.25, 0.3) is 0 Å². The van der Waals surface area contributed by atoms with Gasteiger partial charge in [0.15, 0.2) is 6.10 Å². The third kappa shape index (κ3) is 4.69. The van der Waals surface area contributed by atoms with Crippen LogP contribution in [0.2, 0.25) is 5.02 Å². The molecule has 0 aliphatic heterocycles. The van der Waals surface area contributed by atoms with Gasteiger partial charge in [0, 0.05) is 16.6 Å². The maximum absolute atomic E-state index is 11.9. The number of nitrogens with one attached hydrogen (secondary N) is 1. The fourth-order valence-electron chi connectivity index (χ4n) is 1.66. The molecule has 3 atom stereocenters. The highest BCUT2D eigenvalue weighted by Gasteiger charge is 2.19. The zero-order valence-electron chi connectivity index (χ0n) is 12.3. The van der Waals surface area contributed by atoms with E-state index in [1.54, 1.807) is 32.0 Å². The molecule has 0 aliphatic carbocycles. The molecule has 0 radical (unpaired) electrons. The van der Waals surface area contributed by atoms with Gasteiger partial charge in [0.25, 0.3) is 5.91 Å². The van der Waals surface area contributed by atoms with Crippen molar-refractivity contribution >= 4 is 17.5 Å². The van der Waals surface area contributed by atoms with E-state index in [0.29, 0.717) is 16.3 Å². The summed E-state index contributed by atoms with van der Waals surface area (Å²) in [6.45, 7) is 7.25. The number of carbonyl (C=O) groups excluding carboxylic acids is 1. The van der Waals surface area contributed by atoms with Crippen molar-refractivity contribution in [1.82, 2.24) is 5.32 Å². The number of aliphatic hydroxyl groups is 1. The van der Waals surface area contributed by atoms with Crippen LogP contribution in [0.3, 0.4) is 0 Å². The first-order chi connectivity index (χ1) is 9.35. The molecule has 112 valence electrons. The molecule has 0 fully saturated rings. The SMILES string of the molecule is CCC(C)NC(=O)C(C)Oc1ccc(Cl)cc1[C@H](C)O. The summed E-state index contributed by atoms with van der Waals surface area (Å²) in [5, 5.41) is 13.1. The van der Waals surface area contributed by atoms with Crippen molar-refractivity contribution in [2.75, 3.05) is 0 Å². The number of aliphatic hydroxyl groups excluding tert-OH is 1. The molecule has 2 unspecified atom stereocenters. The number of hydrogen-bond donors (Lipinski definition) is 2. The maximum atomic E-state index is 11.9. The standard InChI is InChI=1S/C15H22ClNO3/c1-5-9(2)17-15(19)11(4)20-14-7-6-12(16)8-13(14)10(3)18/h6-11,18H,5H2,1-4H3,(H,17,19)/t9?,10-,11?/m0/s1. The van der Waals surface area contributed by atoms with Crippen LogP contribution in [0.5, 0.6) is 5.75 Å². The zero-order valence-corrected chi connectivity index (χ0v) is 13.1. The number of rotatable bonds is 6. The van der Waals surface area contributed by atoms with Crippen molar-refractivity contribution in [3.63, 3.8) is 0 Å². The number of carbonyl (C=O) groups is 1. The van der Waals surface area contributed by atoms with Crippen molar-refractivity contribution in [3.8, 4) is 5.75 Å². The van der Waals surface area contributed by atoms with E-state index < -0.39 is 12.2 Å². The second-order valence-electron chi connectivity index (χ2n) is 4.94. The average molecular weight is 300 g/mol. The second kappa shape index (κ2) is 7.50. The lowest BCUT2D eigenvalue weighted by Crippen LogP contribution is -2.41. The third-order valence-corrected chi connectivity index (χ3v) is 3.33. The van der Waals surface area contributed by atoms with Gasteiger partial charge in [0.2, 0.25) is 0 Å². The quantitative estimate of drug-likeness (QED) is 0.848. The van der Waals surface area contributed by atoms with Crippen molar-refractivity contribution in [1.29, 1.82) is 0 Å². The van der Waals surface area contributed by atoms with Gasteiger partial charge < -0.3 is 15.2 Å². The van der Waals surface area contributed by atoms with Gasteiger partial charge in [-0.15, -0.1) is 0 Å². The predicted octanol–water partition coefficient (Wildman–Crippen LogP) is 3.08. The van der Waals surface area contributed by atoms with Crippen LogP contribution >= 0.6 is 11.6 Å². The molecule has 1 aromatic carbocycles. The first-order valence-corrected chi connectivity index (χ1v) is 7.17. The molecule has 1 amide bonds. The Morgan fingerprint density at radius 3 is 2.60 bits per heavy atom. The molecular weight excluding hydrogens is 278 g/mol. The molecule has 0 aliphatic rings. The summed E-state index contributed by atoms with van der Waals surface area (Å²) in [6, 6.07) is 5.08. The van der Waals surface area contributed by atoms with Gasteiger partial charge in [-0.25, -0.2) is 0 Å². The summed E-state index contributed by atoms with van der Waals surface area (Å²) in [5.74, 6) is 0.294. The van der Waals surface area contributed by atoms with Crippen LogP contribution in [-0.4, -0.2) is 23.2 Å². The molecule has 2 N–H and O–H groups in total. The Bertz CT molecular complexity index is 462. The Balaban J connectivity index is 2.80. The van der Waals surface area contributed by atoms with Gasteiger partial charge in [-0.1, -0.05) is 18.5 Å². The van der Waals surface area contributed by atoms with Crippen molar-refractivity contribution in [3.05, 3.63) is 28.8 Å². The molecule has 1 rings (SSSR count). The van der Waals surface area contributed by atoms with Gasteiger partial charge in [-0.2, -0.15) is 0 Å². The Kier molecular flexibility index (Phi) is 6.30. The number of ether oxygens (including phenoxy) is 1. The van der Waals surface area contributed by atoms with Crippen LogP contribution in [0.15, 0.2) is 18.2 Å². The van der Waals surface area contributed by atoms with Gasteiger partial charge in [0.05, 0.1) is 6.10 Å². The Morgan fingerprint density at radius 2 is 2.05 bits per heavy atom. The Morgan fingerprint density at radius 1 is 1.40 bits per heavy atom. The van der Waals surface area contributed by atoms with E-state index in [9.17, 15) is 9.90 Å². The van der Waals surface area contributed by atoms with Crippen molar-refractivity contribution in [2.45, 2.75) is 52.4 Å². The van der Waals surface area contributed by atoms with Crippen LogP contribution in [0.1, 0.15) is 45.8 Å². The molecule has 0 aromatic heterocycles. The minimum Gasteiger partial charge on any atom is -0.481 e. The lowest BCUT2D eigenvalue weighted by molar-refractivity contribution is -0.127. The van der Waals surface area contributed by atoms with Crippen LogP contribution in [0.4, 0.5) is 0 Å². The first-order valence-electron chi connectivity index (χ1n) is 6.79. The van der Waals surface area contributed by atoms with Gasteiger partial charge in [-0.3, -0.25) is 4.79 Å². The normalized spacial score (nSPS) is 15.3. The maximum Gasteiger partial charge on any atom is 0.260 e. The van der Waals surface area contributed by atoms with Crippen LogP contribution in [-0.2, 0) is 4.79 Å². The fraction of sp³-hybridized carbons (Fsp3) is 0.533. The minimum atomic E-state index is -0.714. The molecule has 5 heteroatoms. The number of halogens is 1. The summed E-state index contributed by atoms with van der Waals surface area (Å²) in [7, 11) is 0. The summed E-state index contributed by atoms with van der Waals surface area (Å²) in [4.78, 5) is 11.9. The lowest BCUT2D eigenvalue weighted by atomic mass is 10.1. The van der Waals surface area contributed by atoms with E-state index in [1.165, 1.54) is 0 Å². The zero-order chi connectivity index (χ0) is 15.3. The average Bonchev–Trinajstić information content (AvgIpc) is 2.40. The summed E-state index contributed by atoms with van der Waals surface area (Å²) in [6.07, 6.45) is -0.491. The smallest absolute Gasteiger partial charge is 0.260 e. The lowest BCUT2D eigenvalue weighted by Gasteiger charge is -2.20. The highest BCUT2D eigenvalue weighted by molar-refractivity contribution is 6.30. The predicted molar refractivity (Wildman–Crippen MR) is 80.1 cm³/mol. The molecule has 0 saturated carbocycles. The second-order valence-corrected chi connectivity index (χ2v) is 5.37. The van der Waals surface area contributed by atoms with Gasteiger partial charge in [0.1, 0.15) is 5.75 Å².